The van der Waals surface area contributed by atoms with Crippen molar-refractivity contribution in [1.29, 1.82) is 0 Å². The average molecular weight is 283 g/mol. The van der Waals surface area contributed by atoms with Gasteiger partial charge in [0.05, 0.1) is 18.7 Å². The number of rotatable bonds is 2. The molecule has 1 aliphatic heterocycles. The van der Waals surface area contributed by atoms with Gasteiger partial charge in [-0.1, -0.05) is 6.07 Å². The number of halogens is 3. The van der Waals surface area contributed by atoms with Crippen molar-refractivity contribution in [3.8, 4) is 0 Å². The molecule has 1 aromatic rings. The summed E-state index contributed by atoms with van der Waals surface area (Å²) in [5.41, 5.74) is 4.21. The van der Waals surface area contributed by atoms with E-state index in [1.165, 1.54) is 6.07 Å². The van der Waals surface area contributed by atoms with Crippen LogP contribution in [-0.2, 0) is 17.4 Å². The molecule has 1 heterocycles. The largest absolute Gasteiger partial charge is 0.407 e. The standard InChI is InChI=1S/C13H12F3N3O/c1-7-5-8-10(19(7)6-11(17)20)4-3-9(18-2)12(8)13(14,15)16/h3-4,7H,5-6H2,1H3,(H2,17,20). The molecule has 7 heteroatoms. The molecule has 2 rings (SSSR count). The van der Waals surface area contributed by atoms with Crippen LogP contribution >= 0.6 is 0 Å². The van der Waals surface area contributed by atoms with Crippen LogP contribution in [0.15, 0.2) is 12.1 Å². The maximum Gasteiger partial charge on any atom is 0.407 e. The summed E-state index contributed by atoms with van der Waals surface area (Å²) >= 11 is 0. The Kier molecular flexibility index (Phi) is 3.34. The number of hydrogen-bond acceptors (Lipinski definition) is 2. The van der Waals surface area contributed by atoms with E-state index < -0.39 is 23.3 Å². The Morgan fingerprint density at radius 1 is 1.55 bits per heavy atom. The predicted molar refractivity (Wildman–Crippen MR) is 67.4 cm³/mol. The lowest BCUT2D eigenvalue weighted by atomic mass is 10.0. The Bertz CT molecular complexity index is 604. The van der Waals surface area contributed by atoms with Gasteiger partial charge >= 0.3 is 6.18 Å². The van der Waals surface area contributed by atoms with Gasteiger partial charge < -0.3 is 10.6 Å². The van der Waals surface area contributed by atoms with Crippen LogP contribution in [0.5, 0.6) is 0 Å². The zero-order valence-corrected chi connectivity index (χ0v) is 10.7. The fourth-order valence-corrected chi connectivity index (χ4v) is 2.56. The van der Waals surface area contributed by atoms with Crippen molar-refractivity contribution >= 4 is 17.3 Å². The molecule has 20 heavy (non-hydrogen) atoms. The van der Waals surface area contributed by atoms with Gasteiger partial charge in [0.25, 0.3) is 0 Å². The molecule has 0 aliphatic carbocycles. The van der Waals surface area contributed by atoms with E-state index in [0.717, 1.165) is 6.07 Å². The number of benzene rings is 1. The van der Waals surface area contributed by atoms with Crippen molar-refractivity contribution in [2.45, 2.75) is 25.6 Å². The molecule has 0 aromatic heterocycles. The number of amides is 1. The second-order valence-corrected chi connectivity index (χ2v) is 4.71. The van der Waals surface area contributed by atoms with Gasteiger partial charge in [-0.3, -0.25) is 4.79 Å². The van der Waals surface area contributed by atoms with Gasteiger partial charge in [0.15, 0.2) is 5.69 Å². The quantitative estimate of drug-likeness (QED) is 0.848. The number of carbonyl (C=O) groups is 1. The van der Waals surface area contributed by atoms with Gasteiger partial charge in [0.1, 0.15) is 0 Å². The second-order valence-electron chi connectivity index (χ2n) is 4.71. The lowest BCUT2D eigenvalue weighted by molar-refractivity contribution is -0.137. The number of anilines is 1. The minimum absolute atomic E-state index is 0.0692. The first-order valence-electron chi connectivity index (χ1n) is 5.91. The fourth-order valence-electron chi connectivity index (χ4n) is 2.56. The van der Waals surface area contributed by atoms with Crippen LogP contribution in [0.2, 0.25) is 0 Å². The number of primary amides is 1. The number of fused-ring (bicyclic) bond motifs is 1. The average Bonchev–Trinajstić information content (AvgIpc) is 2.62. The zero-order valence-electron chi connectivity index (χ0n) is 10.7. The zero-order chi connectivity index (χ0) is 15.1. The van der Waals surface area contributed by atoms with Gasteiger partial charge in [-0.05, 0) is 25.0 Å². The van der Waals surface area contributed by atoms with Crippen molar-refractivity contribution in [3.63, 3.8) is 0 Å². The van der Waals surface area contributed by atoms with E-state index in [-0.39, 0.29) is 24.6 Å². The number of nitrogens with zero attached hydrogens (tertiary/aromatic N) is 2. The molecule has 106 valence electrons. The lowest BCUT2D eigenvalue weighted by Gasteiger charge is -2.23. The molecule has 2 N–H and O–H groups in total. The van der Waals surface area contributed by atoms with Crippen molar-refractivity contribution in [2.24, 2.45) is 5.73 Å². The van der Waals surface area contributed by atoms with Crippen molar-refractivity contribution in [2.75, 3.05) is 11.4 Å². The van der Waals surface area contributed by atoms with E-state index in [9.17, 15) is 18.0 Å². The SMILES string of the molecule is [C-]#[N+]c1ccc2c(c1C(F)(F)F)CC(C)N2CC(N)=O. The summed E-state index contributed by atoms with van der Waals surface area (Å²) in [6, 6.07) is 2.32. The first-order valence-corrected chi connectivity index (χ1v) is 5.91. The van der Waals surface area contributed by atoms with Crippen LogP contribution in [0.4, 0.5) is 24.5 Å². The van der Waals surface area contributed by atoms with Gasteiger partial charge in [-0.2, -0.15) is 13.2 Å². The number of alkyl halides is 3. The van der Waals surface area contributed by atoms with E-state index in [1.807, 2.05) is 0 Å². The minimum atomic E-state index is -4.59. The first kappa shape index (κ1) is 14.2. The van der Waals surface area contributed by atoms with Crippen LogP contribution in [0.3, 0.4) is 0 Å². The van der Waals surface area contributed by atoms with Crippen molar-refractivity contribution < 1.29 is 18.0 Å². The van der Waals surface area contributed by atoms with Crippen molar-refractivity contribution in [1.82, 2.24) is 0 Å². The molecule has 4 nitrogen and oxygen atoms in total. The van der Waals surface area contributed by atoms with E-state index in [0.29, 0.717) is 5.69 Å². The highest BCUT2D eigenvalue weighted by atomic mass is 19.4. The summed E-state index contributed by atoms with van der Waals surface area (Å²) in [6.45, 7) is 8.46. The molecular weight excluding hydrogens is 271 g/mol. The third kappa shape index (κ3) is 2.29. The second kappa shape index (κ2) is 4.71. The molecule has 0 fully saturated rings. The summed E-state index contributed by atoms with van der Waals surface area (Å²) in [5.74, 6) is -0.604. The number of nitrogens with two attached hydrogens (primary N) is 1. The fraction of sp³-hybridized carbons (Fsp3) is 0.385. The molecule has 0 saturated heterocycles. The lowest BCUT2D eigenvalue weighted by Crippen LogP contribution is -2.37. The van der Waals surface area contributed by atoms with Crippen LogP contribution < -0.4 is 10.6 Å². The van der Waals surface area contributed by atoms with E-state index >= 15 is 0 Å². The summed E-state index contributed by atoms with van der Waals surface area (Å²) in [7, 11) is 0. The topological polar surface area (TPSA) is 50.7 Å². The third-order valence-electron chi connectivity index (χ3n) is 3.34. The monoisotopic (exact) mass is 283 g/mol. The summed E-state index contributed by atoms with van der Waals surface area (Å²) in [6.07, 6.45) is -4.45. The molecule has 1 unspecified atom stereocenters. The highest BCUT2D eigenvalue weighted by Gasteiger charge is 2.41. The minimum Gasteiger partial charge on any atom is -0.368 e. The van der Waals surface area contributed by atoms with Crippen LogP contribution in [0.1, 0.15) is 18.1 Å². The van der Waals surface area contributed by atoms with Crippen LogP contribution in [0, 0.1) is 6.57 Å². The summed E-state index contributed by atoms with van der Waals surface area (Å²) in [4.78, 5) is 15.5. The molecule has 1 amide bonds. The van der Waals surface area contributed by atoms with E-state index in [1.54, 1.807) is 11.8 Å². The van der Waals surface area contributed by atoms with Crippen LogP contribution in [0.25, 0.3) is 4.85 Å². The number of hydrogen-bond donors (Lipinski definition) is 1. The highest BCUT2D eigenvalue weighted by molar-refractivity contribution is 5.82. The molecule has 0 spiro atoms. The third-order valence-corrected chi connectivity index (χ3v) is 3.34. The first-order chi connectivity index (χ1) is 9.25. The summed E-state index contributed by atoms with van der Waals surface area (Å²) in [5, 5.41) is 0. The molecule has 0 radical (unpaired) electrons. The maximum absolute atomic E-state index is 13.2. The van der Waals surface area contributed by atoms with Gasteiger partial charge in [0.2, 0.25) is 5.91 Å². The molecular formula is C13H12F3N3O. The normalized spacial score (nSPS) is 17.8. The van der Waals surface area contributed by atoms with Crippen LogP contribution in [-0.4, -0.2) is 18.5 Å². The van der Waals surface area contributed by atoms with Crippen molar-refractivity contribution in [3.05, 3.63) is 34.7 Å². The van der Waals surface area contributed by atoms with E-state index in [2.05, 4.69) is 4.85 Å². The summed E-state index contributed by atoms with van der Waals surface area (Å²) < 4.78 is 39.5. The van der Waals surface area contributed by atoms with E-state index in [4.69, 9.17) is 12.3 Å². The molecule has 1 aliphatic rings. The Labute approximate surface area is 113 Å². The van der Waals surface area contributed by atoms with Gasteiger partial charge in [0, 0.05) is 11.7 Å². The highest BCUT2D eigenvalue weighted by Crippen LogP contribution is 2.46. The Hall–Kier alpha value is -2.23. The maximum atomic E-state index is 13.2. The molecule has 0 saturated carbocycles. The van der Waals surface area contributed by atoms with Gasteiger partial charge in [-0.15, -0.1) is 0 Å². The molecule has 1 atom stereocenters. The molecule has 0 bridgehead atoms. The Balaban J connectivity index is 2.60. The smallest absolute Gasteiger partial charge is 0.368 e. The Morgan fingerprint density at radius 2 is 2.20 bits per heavy atom. The molecule has 1 aromatic carbocycles. The van der Waals surface area contributed by atoms with Gasteiger partial charge in [-0.25, -0.2) is 4.85 Å². The predicted octanol–water partition coefficient (Wildman–Crippen LogP) is 2.49. The Morgan fingerprint density at radius 3 is 2.70 bits per heavy atom. The number of carbonyl (C=O) groups excluding carboxylic acids is 1.